The van der Waals surface area contributed by atoms with E-state index in [4.69, 9.17) is 9.84 Å². The molecule has 1 saturated heterocycles. The normalized spacial score (nSPS) is 24.2. The van der Waals surface area contributed by atoms with Crippen molar-refractivity contribution in [1.82, 2.24) is 5.32 Å². The number of hydrogen-bond acceptors (Lipinski definition) is 3. The summed E-state index contributed by atoms with van der Waals surface area (Å²) < 4.78 is 4.81. The minimum absolute atomic E-state index is 0.213. The summed E-state index contributed by atoms with van der Waals surface area (Å²) in [5.41, 5.74) is 1.29. The maximum absolute atomic E-state index is 10.5. The Kier molecular flexibility index (Phi) is 3.98. The van der Waals surface area contributed by atoms with Gasteiger partial charge in [-0.3, -0.25) is 0 Å². The maximum atomic E-state index is 10.5. The minimum Gasteiger partial charge on any atom is -0.450 e. The first kappa shape index (κ1) is 11.9. The molecule has 2 N–H and O–H groups in total. The van der Waals surface area contributed by atoms with E-state index in [1.54, 1.807) is 0 Å². The average molecular weight is 235 g/mol. The third-order valence-electron chi connectivity index (χ3n) is 3.04. The Hall–Kier alpha value is -1.55. The monoisotopic (exact) mass is 235 g/mol. The first-order valence-electron chi connectivity index (χ1n) is 5.88. The predicted octanol–water partition coefficient (Wildman–Crippen LogP) is 1.90. The predicted molar refractivity (Wildman–Crippen MR) is 64.0 cm³/mol. The highest BCUT2D eigenvalue weighted by Gasteiger charge is 2.24. The molecule has 17 heavy (non-hydrogen) atoms. The van der Waals surface area contributed by atoms with E-state index in [0.29, 0.717) is 12.5 Å². The highest BCUT2D eigenvalue weighted by atomic mass is 16.7. The van der Waals surface area contributed by atoms with Crippen LogP contribution in [0.15, 0.2) is 30.3 Å². The molecule has 1 aromatic rings. The lowest BCUT2D eigenvalue weighted by molar-refractivity contribution is 0.0315. The lowest BCUT2D eigenvalue weighted by Gasteiger charge is -2.29. The van der Waals surface area contributed by atoms with Crippen LogP contribution in [-0.4, -0.2) is 30.5 Å². The van der Waals surface area contributed by atoms with Crippen LogP contribution in [0.1, 0.15) is 12.0 Å². The Morgan fingerprint density at radius 1 is 1.35 bits per heavy atom. The Morgan fingerprint density at radius 2 is 2.12 bits per heavy atom. The first-order chi connectivity index (χ1) is 8.24. The fraction of sp³-hybridized carbons (Fsp3) is 0.462. The summed E-state index contributed by atoms with van der Waals surface area (Å²) in [5, 5.41) is 11.8. The van der Waals surface area contributed by atoms with Crippen molar-refractivity contribution < 1.29 is 14.6 Å². The Bertz CT molecular complexity index is 366. The number of carbonyl (C=O) groups is 1. The van der Waals surface area contributed by atoms with Gasteiger partial charge in [0.15, 0.2) is 0 Å². The van der Waals surface area contributed by atoms with Crippen LogP contribution in [-0.2, 0) is 11.2 Å². The van der Waals surface area contributed by atoms with Gasteiger partial charge in [-0.15, -0.1) is 0 Å². The largest absolute Gasteiger partial charge is 0.506 e. The first-order valence-corrected chi connectivity index (χ1v) is 5.88. The summed E-state index contributed by atoms with van der Waals surface area (Å²) >= 11 is 0. The van der Waals surface area contributed by atoms with Crippen LogP contribution in [0, 0.1) is 5.92 Å². The molecule has 2 rings (SSSR count). The van der Waals surface area contributed by atoms with Crippen LogP contribution in [0.4, 0.5) is 4.79 Å². The van der Waals surface area contributed by atoms with Crippen molar-refractivity contribution in [2.75, 3.05) is 13.1 Å². The number of hydrogen-bond donors (Lipinski definition) is 2. The molecule has 92 valence electrons. The van der Waals surface area contributed by atoms with Crippen molar-refractivity contribution in [3.05, 3.63) is 35.9 Å². The lowest BCUT2D eigenvalue weighted by atomic mass is 9.91. The van der Waals surface area contributed by atoms with Gasteiger partial charge in [0.05, 0.1) is 0 Å². The molecule has 0 radical (unpaired) electrons. The third kappa shape index (κ3) is 3.75. The van der Waals surface area contributed by atoms with Crippen LogP contribution in [0.3, 0.4) is 0 Å². The van der Waals surface area contributed by atoms with Gasteiger partial charge in [-0.2, -0.15) is 0 Å². The number of benzene rings is 1. The molecule has 0 bridgehead atoms. The Labute approximate surface area is 101 Å². The molecule has 1 fully saturated rings. The second kappa shape index (κ2) is 5.68. The molecular weight excluding hydrogens is 218 g/mol. The summed E-state index contributed by atoms with van der Waals surface area (Å²) in [6.07, 6.45) is 0.369. The Balaban J connectivity index is 1.87. The number of ether oxygens (including phenoxy) is 1. The van der Waals surface area contributed by atoms with Crippen LogP contribution in [0.5, 0.6) is 0 Å². The molecule has 2 atom stereocenters. The SMILES string of the molecule is O=C(O)OC1CNCC(Cc2ccccc2)C1. The van der Waals surface area contributed by atoms with E-state index in [1.807, 2.05) is 18.2 Å². The standard InChI is InChI=1S/C13H17NO3/c15-13(16)17-12-7-11(8-14-9-12)6-10-4-2-1-3-5-10/h1-5,11-12,14H,6-9H2,(H,15,16). The number of carboxylic acid groups (broad SMARTS) is 1. The smallest absolute Gasteiger partial charge is 0.450 e. The zero-order chi connectivity index (χ0) is 12.1. The fourth-order valence-electron chi connectivity index (χ4n) is 2.32. The van der Waals surface area contributed by atoms with Crippen LogP contribution in [0.25, 0.3) is 0 Å². The molecular formula is C13H17NO3. The van der Waals surface area contributed by atoms with Gasteiger partial charge in [-0.1, -0.05) is 30.3 Å². The quantitative estimate of drug-likeness (QED) is 0.786. The maximum Gasteiger partial charge on any atom is 0.506 e. The summed E-state index contributed by atoms with van der Waals surface area (Å²) in [5.74, 6) is 0.440. The molecule has 1 aliphatic rings. The second-order valence-corrected chi connectivity index (χ2v) is 4.46. The zero-order valence-electron chi connectivity index (χ0n) is 9.63. The van der Waals surface area contributed by atoms with Crippen molar-refractivity contribution >= 4 is 6.16 Å². The molecule has 1 aliphatic heterocycles. The van der Waals surface area contributed by atoms with E-state index < -0.39 is 6.16 Å². The molecule has 0 spiro atoms. The van der Waals surface area contributed by atoms with Gasteiger partial charge in [0.2, 0.25) is 0 Å². The van der Waals surface area contributed by atoms with Crippen LogP contribution < -0.4 is 5.32 Å². The van der Waals surface area contributed by atoms with Gasteiger partial charge >= 0.3 is 6.16 Å². The highest BCUT2D eigenvalue weighted by Crippen LogP contribution is 2.18. The molecule has 1 aromatic carbocycles. The lowest BCUT2D eigenvalue weighted by Crippen LogP contribution is -2.42. The molecule has 2 unspecified atom stereocenters. The second-order valence-electron chi connectivity index (χ2n) is 4.46. The van der Waals surface area contributed by atoms with Crippen molar-refractivity contribution in [2.45, 2.75) is 18.9 Å². The van der Waals surface area contributed by atoms with Crippen molar-refractivity contribution in [1.29, 1.82) is 0 Å². The number of nitrogens with one attached hydrogen (secondary N) is 1. The zero-order valence-corrected chi connectivity index (χ0v) is 9.63. The van der Waals surface area contributed by atoms with Crippen molar-refractivity contribution in [2.24, 2.45) is 5.92 Å². The molecule has 0 saturated carbocycles. The fourth-order valence-corrected chi connectivity index (χ4v) is 2.32. The number of piperidine rings is 1. The minimum atomic E-state index is -1.18. The van der Waals surface area contributed by atoms with Gasteiger partial charge in [0, 0.05) is 6.54 Å². The van der Waals surface area contributed by atoms with Gasteiger partial charge in [0.1, 0.15) is 6.10 Å². The molecule has 0 aromatic heterocycles. The van der Waals surface area contributed by atoms with Crippen molar-refractivity contribution in [3.8, 4) is 0 Å². The molecule has 4 heteroatoms. The summed E-state index contributed by atoms with van der Waals surface area (Å²) in [6.45, 7) is 1.55. The molecule has 1 heterocycles. The van der Waals surface area contributed by atoms with Crippen LogP contribution in [0.2, 0.25) is 0 Å². The van der Waals surface area contributed by atoms with Crippen molar-refractivity contribution in [3.63, 3.8) is 0 Å². The highest BCUT2D eigenvalue weighted by molar-refractivity contribution is 5.57. The van der Waals surface area contributed by atoms with E-state index >= 15 is 0 Å². The number of rotatable bonds is 3. The molecule has 4 nitrogen and oxygen atoms in total. The van der Waals surface area contributed by atoms with E-state index in [-0.39, 0.29) is 6.10 Å². The third-order valence-corrected chi connectivity index (χ3v) is 3.04. The van der Waals surface area contributed by atoms with E-state index in [0.717, 1.165) is 19.4 Å². The van der Waals surface area contributed by atoms with Gasteiger partial charge in [-0.05, 0) is 30.9 Å². The van der Waals surface area contributed by atoms with E-state index in [9.17, 15) is 4.79 Å². The van der Waals surface area contributed by atoms with E-state index in [2.05, 4.69) is 17.4 Å². The van der Waals surface area contributed by atoms with Gasteiger partial charge < -0.3 is 15.2 Å². The molecule has 0 amide bonds. The summed E-state index contributed by atoms with van der Waals surface area (Å²) in [7, 11) is 0. The Morgan fingerprint density at radius 3 is 2.82 bits per heavy atom. The summed E-state index contributed by atoms with van der Waals surface area (Å²) in [6, 6.07) is 10.2. The topological polar surface area (TPSA) is 58.6 Å². The average Bonchev–Trinajstić information content (AvgIpc) is 2.30. The van der Waals surface area contributed by atoms with Crippen LogP contribution >= 0.6 is 0 Å². The summed E-state index contributed by atoms with van der Waals surface area (Å²) in [4.78, 5) is 10.5. The van der Waals surface area contributed by atoms with Gasteiger partial charge in [-0.25, -0.2) is 4.79 Å². The molecule has 0 aliphatic carbocycles. The van der Waals surface area contributed by atoms with E-state index in [1.165, 1.54) is 5.56 Å². The van der Waals surface area contributed by atoms with Gasteiger partial charge in [0.25, 0.3) is 0 Å².